The van der Waals surface area contributed by atoms with E-state index in [1.165, 1.54) is 0 Å². The van der Waals surface area contributed by atoms with Crippen LogP contribution in [0.5, 0.6) is 0 Å². The number of fused-ring (bicyclic) bond motifs is 1. The number of rotatable bonds is 5. The van der Waals surface area contributed by atoms with Crippen molar-refractivity contribution in [2.24, 2.45) is 0 Å². The summed E-state index contributed by atoms with van der Waals surface area (Å²) < 4.78 is 37.0. The number of H-pyrrole nitrogens is 1. The summed E-state index contributed by atoms with van der Waals surface area (Å²) in [6, 6.07) is 16.3. The fraction of sp³-hybridized carbons (Fsp3) is 0.211. The highest BCUT2D eigenvalue weighted by Gasteiger charge is 2.38. The van der Waals surface area contributed by atoms with Crippen molar-refractivity contribution < 1.29 is 23.1 Å². The molecule has 0 saturated heterocycles. The minimum atomic E-state index is -4.91. The number of alkyl halides is 3. The Bertz CT molecular complexity index is 904. The summed E-state index contributed by atoms with van der Waals surface area (Å²) in [5.74, 6) is -1.97. The maximum absolute atomic E-state index is 12.3. The second-order valence-corrected chi connectivity index (χ2v) is 5.88. The lowest BCUT2D eigenvalue weighted by molar-refractivity contribution is -0.173. The molecular weight excluding hydrogens is 345 g/mol. The van der Waals surface area contributed by atoms with Gasteiger partial charge in [0.25, 0.3) is 0 Å². The van der Waals surface area contributed by atoms with Gasteiger partial charge in [-0.05, 0) is 23.6 Å². The molecule has 1 amide bonds. The predicted molar refractivity (Wildman–Crippen MR) is 91.6 cm³/mol. The zero-order chi connectivity index (χ0) is 18.7. The minimum Gasteiger partial charge on any atom is -0.382 e. The Morgan fingerprint density at radius 3 is 2.42 bits per heavy atom. The van der Waals surface area contributed by atoms with Crippen molar-refractivity contribution in [3.8, 4) is 0 Å². The number of aliphatic hydroxyl groups excluding tert-OH is 1. The number of benzene rings is 2. The molecule has 0 saturated carbocycles. The molecule has 0 bridgehead atoms. The first kappa shape index (κ1) is 18.0. The minimum absolute atomic E-state index is 0.158. The van der Waals surface area contributed by atoms with E-state index in [0.717, 1.165) is 10.9 Å². The van der Waals surface area contributed by atoms with Crippen LogP contribution in [0.15, 0.2) is 54.6 Å². The van der Waals surface area contributed by atoms with Crippen molar-refractivity contribution in [2.75, 3.05) is 6.54 Å². The molecule has 136 valence electrons. The first-order chi connectivity index (χ1) is 12.4. The van der Waals surface area contributed by atoms with Gasteiger partial charge >= 0.3 is 12.1 Å². The molecule has 0 aliphatic carbocycles. The average Bonchev–Trinajstić information content (AvgIpc) is 3.00. The number of carbonyl (C=O) groups excluding carboxylic acids is 1. The van der Waals surface area contributed by atoms with Crippen LogP contribution in [0.25, 0.3) is 10.9 Å². The van der Waals surface area contributed by atoms with Gasteiger partial charge in [-0.3, -0.25) is 4.79 Å². The number of aromatic nitrogens is 1. The second-order valence-electron chi connectivity index (χ2n) is 5.88. The number of aliphatic hydroxyl groups is 1. The standard InChI is InChI=1S/C19H17F3N2O2/c20-19(21,22)18(26)23-11-10-14-13-8-4-5-9-15(13)24-16(14)17(25)12-6-2-1-3-7-12/h1-9,17,24-25H,10-11H2,(H,23,26). The van der Waals surface area contributed by atoms with Crippen LogP contribution in [0.4, 0.5) is 13.2 Å². The van der Waals surface area contributed by atoms with Gasteiger partial charge in [-0.2, -0.15) is 13.2 Å². The summed E-state index contributed by atoms with van der Waals surface area (Å²) in [6.07, 6.45) is -5.70. The van der Waals surface area contributed by atoms with Crippen LogP contribution in [0.2, 0.25) is 0 Å². The monoisotopic (exact) mass is 362 g/mol. The zero-order valence-corrected chi connectivity index (χ0v) is 13.7. The highest BCUT2D eigenvalue weighted by Crippen LogP contribution is 2.30. The Hall–Kier alpha value is -2.80. The number of carbonyl (C=O) groups is 1. The van der Waals surface area contributed by atoms with Crippen LogP contribution in [-0.2, 0) is 11.2 Å². The van der Waals surface area contributed by atoms with Crippen molar-refractivity contribution in [1.82, 2.24) is 10.3 Å². The number of halogens is 3. The van der Waals surface area contributed by atoms with Crippen molar-refractivity contribution in [3.05, 3.63) is 71.4 Å². The number of hydrogen-bond donors (Lipinski definition) is 3. The molecule has 0 fully saturated rings. The number of para-hydroxylation sites is 1. The van der Waals surface area contributed by atoms with E-state index in [4.69, 9.17) is 0 Å². The van der Waals surface area contributed by atoms with Crippen LogP contribution < -0.4 is 5.32 Å². The van der Waals surface area contributed by atoms with Gasteiger partial charge in [0.05, 0.1) is 5.69 Å². The van der Waals surface area contributed by atoms with E-state index in [1.54, 1.807) is 24.3 Å². The lowest BCUT2D eigenvalue weighted by Gasteiger charge is -2.13. The van der Waals surface area contributed by atoms with Gasteiger partial charge in [-0.1, -0.05) is 48.5 Å². The van der Waals surface area contributed by atoms with Crippen LogP contribution in [0, 0.1) is 0 Å². The summed E-state index contributed by atoms with van der Waals surface area (Å²) in [5, 5.41) is 13.4. The molecule has 0 spiro atoms. The first-order valence-corrected chi connectivity index (χ1v) is 8.05. The fourth-order valence-electron chi connectivity index (χ4n) is 2.93. The topological polar surface area (TPSA) is 65.1 Å². The third kappa shape index (κ3) is 3.72. The fourth-order valence-corrected chi connectivity index (χ4v) is 2.93. The summed E-state index contributed by atoms with van der Waals surface area (Å²) in [4.78, 5) is 14.1. The van der Waals surface area contributed by atoms with Gasteiger partial charge in [-0.25, -0.2) is 0 Å². The second kappa shape index (κ2) is 7.21. The maximum atomic E-state index is 12.3. The molecular formula is C19H17F3N2O2. The molecule has 0 aliphatic rings. The first-order valence-electron chi connectivity index (χ1n) is 8.05. The van der Waals surface area contributed by atoms with E-state index in [2.05, 4.69) is 4.98 Å². The molecule has 3 aromatic rings. The molecule has 3 rings (SSSR count). The summed E-state index contributed by atoms with van der Waals surface area (Å²) in [7, 11) is 0. The van der Waals surface area contributed by atoms with Crippen molar-refractivity contribution in [1.29, 1.82) is 0 Å². The maximum Gasteiger partial charge on any atom is 0.471 e. The molecule has 3 N–H and O–H groups in total. The molecule has 4 nitrogen and oxygen atoms in total. The van der Waals surface area contributed by atoms with E-state index >= 15 is 0 Å². The lowest BCUT2D eigenvalue weighted by atomic mass is 10.00. The third-order valence-electron chi connectivity index (χ3n) is 4.15. The zero-order valence-electron chi connectivity index (χ0n) is 13.7. The average molecular weight is 362 g/mol. The van der Waals surface area contributed by atoms with E-state index in [-0.39, 0.29) is 13.0 Å². The Kier molecular flexibility index (Phi) is 4.99. The smallest absolute Gasteiger partial charge is 0.382 e. The van der Waals surface area contributed by atoms with E-state index < -0.39 is 18.2 Å². The lowest BCUT2D eigenvalue weighted by Crippen LogP contribution is -2.37. The van der Waals surface area contributed by atoms with Gasteiger partial charge in [0.1, 0.15) is 6.10 Å². The Labute approximate surface area is 147 Å². The van der Waals surface area contributed by atoms with Crippen LogP contribution in [-0.4, -0.2) is 28.7 Å². The molecule has 26 heavy (non-hydrogen) atoms. The van der Waals surface area contributed by atoms with Gasteiger partial charge in [0, 0.05) is 17.4 Å². The Balaban J connectivity index is 1.89. The Morgan fingerprint density at radius 1 is 1.08 bits per heavy atom. The normalized spacial score (nSPS) is 12.9. The quantitative estimate of drug-likeness (QED) is 0.651. The molecule has 1 aromatic heterocycles. The molecule has 1 atom stereocenters. The SMILES string of the molecule is O=C(NCCc1c(C(O)c2ccccc2)[nH]c2ccccc12)C(F)(F)F. The molecule has 7 heteroatoms. The molecule has 1 unspecified atom stereocenters. The van der Waals surface area contributed by atoms with Crippen LogP contribution >= 0.6 is 0 Å². The predicted octanol–water partition coefficient (Wildman–Crippen LogP) is 3.47. The molecule has 1 heterocycles. The largest absolute Gasteiger partial charge is 0.471 e. The molecule has 2 aromatic carbocycles. The number of aromatic amines is 1. The molecule has 0 radical (unpaired) electrons. The Morgan fingerprint density at radius 2 is 1.73 bits per heavy atom. The third-order valence-corrected chi connectivity index (χ3v) is 4.15. The van der Waals surface area contributed by atoms with Crippen molar-refractivity contribution in [3.63, 3.8) is 0 Å². The summed E-state index contributed by atoms with van der Waals surface area (Å²) >= 11 is 0. The van der Waals surface area contributed by atoms with Crippen molar-refractivity contribution >= 4 is 16.8 Å². The number of hydrogen-bond acceptors (Lipinski definition) is 2. The van der Waals surface area contributed by atoms with Crippen LogP contribution in [0.3, 0.4) is 0 Å². The highest BCUT2D eigenvalue weighted by molar-refractivity contribution is 5.85. The summed E-state index contributed by atoms with van der Waals surface area (Å²) in [6.45, 7) is -0.186. The van der Waals surface area contributed by atoms with Gasteiger partial charge in [0.2, 0.25) is 0 Å². The molecule has 0 aliphatic heterocycles. The number of nitrogens with one attached hydrogen (secondary N) is 2. The van der Waals surface area contributed by atoms with Gasteiger partial charge in [-0.15, -0.1) is 0 Å². The number of amides is 1. The van der Waals surface area contributed by atoms with E-state index in [1.807, 2.05) is 35.6 Å². The van der Waals surface area contributed by atoms with Crippen LogP contribution in [0.1, 0.15) is 22.9 Å². The van der Waals surface area contributed by atoms with E-state index in [9.17, 15) is 23.1 Å². The summed E-state index contributed by atoms with van der Waals surface area (Å²) in [5.41, 5.74) is 2.63. The van der Waals surface area contributed by atoms with Gasteiger partial charge in [0.15, 0.2) is 0 Å². The van der Waals surface area contributed by atoms with Crippen molar-refractivity contribution in [2.45, 2.75) is 18.7 Å². The van der Waals surface area contributed by atoms with E-state index in [0.29, 0.717) is 16.8 Å². The highest BCUT2D eigenvalue weighted by atomic mass is 19.4. The van der Waals surface area contributed by atoms with Gasteiger partial charge < -0.3 is 15.4 Å².